The van der Waals surface area contributed by atoms with Crippen molar-refractivity contribution >= 4 is 17.2 Å². The van der Waals surface area contributed by atoms with Gasteiger partial charge in [-0.25, -0.2) is 4.98 Å². The molecular formula is C19H21N3O3S. The van der Waals surface area contributed by atoms with Crippen LogP contribution in [0, 0.1) is 20.8 Å². The number of nitrogens with zero attached hydrogens (tertiary/aromatic N) is 3. The summed E-state index contributed by atoms with van der Waals surface area (Å²) in [5.41, 5.74) is 3.59. The molecule has 1 amide bonds. The highest BCUT2D eigenvalue weighted by atomic mass is 32.1. The number of benzene rings is 1. The van der Waals surface area contributed by atoms with Crippen molar-refractivity contribution in [2.75, 3.05) is 7.05 Å². The molecule has 0 saturated heterocycles. The maximum atomic E-state index is 12.5. The van der Waals surface area contributed by atoms with Crippen LogP contribution in [0.5, 0.6) is 5.75 Å². The van der Waals surface area contributed by atoms with Gasteiger partial charge in [0.05, 0.1) is 6.54 Å². The molecule has 0 unspecified atom stereocenters. The zero-order valence-corrected chi connectivity index (χ0v) is 16.1. The summed E-state index contributed by atoms with van der Waals surface area (Å²) in [6.45, 7) is 6.68. The molecule has 0 atom stereocenters. The largest absolute Gasteiger partial charge is 0.486 e. The molecular weight excluding hydrogens is 350 g/mol. The van der Waals surface area contributed by atoms with Gasteiger partial charge in [-0.1, -0.05) is 11.2 Å². The minimum absolute atomic E-state index is 0.209. The van der Waals surface area contributed by atoms with Crippen LogP contribution in [0.4, 0.5) is 0 Å². The summed E-state index contributed by atoms with van der Waals surface area (Å²) >= 11 is 1.53. The molecule has 0 saturated carbocycles. The average Bonchev–Trinajstić information content (AvgIpc) is 3.24. The van der Waals surface area contributed by atoms with E-state index in [2.05, 4.69) is 17.1 Å². The number of hydrogen-bond acceptors (Lipinski definition) is 6. The van der Waals surface area contributed by atoms with Crippen LogP contribution in [0.15, 0.2) is 34.2 Å². The topological polar surface area (TPSA) is 68.5 Å². The summed E-state index contributed by atoms with van der Waals surface area (Å²) in [6, 6.07) is 7.51. The molecule has 0 fully saturated rings. The van der Waals surface area contributed by atoms with Gasteiger partial charge in [0.1, 0.15) is 17.4 Å². The predicted octanol–water partition coefficient (Wildman–Crippen LogP) is 3.91. The van der Waals surface area contributed by atoms with E-state index in [-0.39, 0.29) is 18.2 Å². The quantitative estimate of drug-likeness (QED) is 0.657. The monoisotopic (exact) mass is 371 g/mol. The molecule has 0 bridgehead atoms. The van der Waals surface area contributed by atoms with Gasteiger partial charge in [0.25, 0.3) is 5.91 Å². The van der Waals surface area contributed by atoms with E-state index in [0.717, 1.165) is 22.0 Å². The van der Waals surface area contributed by atoms with Crippen LogP contribution in [0.25, 0.3) is 0 Å². The Kier molecular flexibility index (Phi) is 5.37. The molecule has 1 aromatic carbocycles. The number of thiazole rings is 1. The Balaban J connectivity index is 1.59. The molecule has 0 aliphatic rings. The normalized spacial score (nSPS) is 10.8. The van der Waals surface area contributed by atoms with Gasteiger partial charge in [-0.2, -0.15) is 0 Å². The van der Waals surface area contributed by atoms with Crippen LogP contribution in [0.3, 0.4) is 0 Å². The third-order valence-corrected chi connectivity index (χ3v) is 4.97. The van der Waals surface area contributed by atoms with Crippen molar-refractivity contribution in [2.45, 2.75) is 33.9 Å². The van der Waals surface area contributed by atoms with Crippen LogP contribution in [0.2, 0.25) is 0 Å². The van der Waals surface area contributed by atoms with E-state index in [1.54, 1.807) is 18.0 Å². The number of rotatable bonds is 6. The van der Waals surface area contributed by atoms with Gasteiger partial charge in [-0.15, -0.1) is 11.3 Å². The summed E-state index contributed by atoms with van der Waals surface area (Å²) in [5, 5.41) is 6.72. The van der Waals surface area contributed by atoms with Gasteiger partial charge in [0.15, 0.2) is 11.5 Å². The SMILES string of the molecule is Cc1csc(CN(C)C(=O)c2cc(COc3ccc(C)c(C)c3)on2)n1. The Bertz CT molecular complexity index is 916. The van der Waals surface area contributed by atoms with Crippen LogP contribution in [0.1, 0.15) is 38.1 Å². The lowest BCUT2D eigenvalue weighted by molar-refractivity contribution is 0.0774. The first-order chi connectivity index (χ1) is 12.4. The molecule has 7 heteroatoms. The highest BCUT2D eigenvalue weighted by Gasteiger charge is 2.18. The van der Waals surface area contributed by atoms with E-state index in [1.807, 2.05) is 37.4 Å². The maximum absolute atomic E-state index is 12.5. The van der Waals surface area contributed by atoms with Crippen molar-refractivity contribution in [3.63, 3.8) is 0 Å². The molecule has 26 heavy (non-hydrogen) atoms. The van der Waals surface area contributed by atoms with E-state index < -0.39 is 0 Å². The van der Waals surface area contributed by atoms with Crippen molar-refractivity contribution in [3.05, 3.63) is 62.9 Å². The van der Waals surface area contributed by atoms with Gasteiger partial charge < -0.3 is 14.2 Å². The number of aromatic nitrogens is 2. The van der Waals surface area contributed by atoms with E-state index in [1.165, 1.54) is 16.9 Å². The van der Waals surface area contributed by atoms with Crippen LogP contribution in [-0.2, 0) is 13.2 Å². The van der Waals surface area contributed by atoms with Gasteiger partial charge in [0.2, 0.25) is 0 Å². The molecule has 0 radical (unpaired) electrons. The summed E-state index contributed by atoms with van der Waals surface area (Å²) in [6.07, 6.45) is 0. The van der Waals surface area contributed by atoms with Gasteiger partial charge in [-0.05, 0) is 44.0 Å². The molecule has 2 aromatic heterocycles. The second kappa shape index (κ2) is 7.70. The van der Waals surface area contributed by atoms with Crippen molar-refractivity contribution in [2.24, 2.45) is 0 Å². The highest BCUT2D eigenvalue weighted by molar-refractivity contribution is 7.09. The molecule has 3 aromatic rings. The van der Waals surface area contributed by atoms with Gasteiger partial charge in [-0.3, -0.25) is 4.79 Å². The number of carbonyl (C=O) groups is 1. The van der Waals surface area contributed by atoms with Gasteiger partial charge >= 0.3 is 0 Å². The van der Waals surface area contributed by atoms with Crippen molar-refractivity contribution in [3.8, 4) is 5.75 Å². The standard InChI is InChI=1S/C19H21N3O3S/c1-12-5-6-15(7-13(12)2)24-10-16-8-17(21-25-16)19(23)22(4)9-18-20-14(3)11-26-18/h5-8,11H,9-10H2,1-4H3. The van der Waals surface area contributed by atoms with E-state index >= 15 is 0 Å². The zero-order chi connectivity index (χ0) is 18.7. The average molecular weight is 371 g/mol. The van der Waals surface area contributed by atoms with E-state index in [0.29, 0.717) is 12.3 Å². The fraction of sp³-hybridized carbons (Fsp3) is 0.316. The third kappa shape index (κ3) is 4.29. The second-order valence-corrected chi connectivity index (χ2v) is 7.20. The third-order valence-electron chi connectivity index (χ3n) is 4.02. The molecule has 0 aliphatic carbocycles. The smallest absolute Gasteiger partial charge is 0.276 e. The lowest BCUT2D eigenvalue weighted by atomic mass is 10.1. The lowest BCUT2D eigenvalue weighted by Gasteiger charge is -2.13. The fourth-order valence-electron chi connectivity index (χ4n) is 2.39. The molecule has 3 rings (SSSR count). The Morgan fingerprint density at radius 1 is 1.23 bits per heavy atom. The number of ether oxygens (including phenoxy) is 1. The van der Waals surface area contributed by atoms with Crippen LogP contribution in [-0.4, -0.2) is 28.0 Å². The number of amides is 1. The van der Waals surface area contributed by atoms with Crippen LogP contribution >= 0.6 is 11.3 Å². The van der Waals surface area contributed by atoms with E-state index in [9.17, 15) is 4.79 Å². The number of aryl methyl sites for hydroxylation is 3. The van der Waals surface area contributed by atoms with Crippen molar-refractivity contribution < 1.29 is 14.1 Å². The van der Waals surface area contributed by atoms with Crippen molar-refractivity contribution in [1.29, 1.82) is 0 Å². The first-order valence-corrected chi connectivity index (χ1v) is 9.12. The molecule has 0 aliphatic heterocycles. The molecule has 6 nitrogen and oxygen atoms in total. The second-order valence-electron chi connectivity index (χ2n) is 6.26. The first-order valence-electron chi connectivity index (χ1n) is 8.24. The van der Waals surface area contributed by atoms with Crippen LogP contribution < -0.4 is 4.74 Å². The zero-order valence-electron chi connectivity index (χ0n) is 15.3. The molecule has 2 heterocycles. The minimum atomic E-state index is -0.209. The molecule has 136 valence electrons. The number of carbonyl (C=O) groups excluding carboxylic acids is 1. The summed E-state index contributed by atoms with van der Waals surface area (Å²) < 4.78 is 10.9. The summed E-state index contributed by atoms with van der Waals surface area (Å²) in [7, 11) is 1.72. The lowest BCUT2D eigenvalue weighted by Crippen LogP contribution is -2.26. The molecule has 0 spiro atoms. The maximum Gasteiger partial charge on any atom is 0.276 e. The molecule has 0 N–H and O–H groups in total. The Labute approximate surface area is 156 Å². The summed E-state index contributed by atoms with van der Waals surface area (Å²) in [5.74, 6) is 1.05. The Hall–Kier alpha value is -2.67. The van der Waals surface area contributed by atoms with Crippen molar-refractivity contribution in [1.82, 2.24) is 15.0 Å². The predicted molar refractivity (Wildman–Crippen MR) is 99.4 cm³/mol. The first kappa shape index (κ1) is 18.1. The Morgan fingerprint density at radius 2 is 2.04 bits per heavy atom. The van der Waals surface area contributed by atoms with Gasteiger partial charge in [0, 0.05) is 24.2 Å². The van der Waals surface area contributed by atoms with E-state index in [4.69, 9.17) is 9.26 Å². The Morgan fingerprint density at radius 3 is 2.73 bits per heavy atom. The number of hydrogen-bond donors (Lipinski definition) is 0. The fourth-order valence-corrected chi connectivity index (χ4v) is 3.21. The highest BCUT2D eigenvalue weighted by Crippen LogP contribution is 2.18. The summed E-state index contributed by atoms with van der Waals surface area (Å²) in [4.78, 5) is 18.4. The minimum Gasteiger partial charge on any atom is -0.486 e.